The van der Waals surface area contributed by atoms with Crippen LogP contribution in [-0.4, -0.2) is 31.5 Å². The van der Waals surface area contributed by atoms with Gasteiger partial charge in [0.05, 0.1) is 21.8 Å². The highest BCUT2D eigenvalue weighted by molar-refractivity contribution is 7.89. The second-order valence-electron chi connectivity index (χ2n) is 6.18. The summed E-state index contributed by atoms with van der Waals surface area (Å²) >= 11 is 6.16. The third kappa shape index (κ3) is 3.94. The quantitative estimate of drug-likeness (QED) is 0.623. The van der Waals surface area contributed by atoms with E-state index in [2.05, 4.69) is 14.8 Å². The monoisotopic (exact) mass is 418 g/mol. The molecule has 3 rings (SSSR count). The van der Waals surface area contributed by atoms with Crippen molar-refractivity contribution < 1.29 is 8.42 Å². The van der Waals surface area contributed by atoms with Crippen LogP contribution in [0, 0.1) is 13.8 Å². The Morgan fingerprint density at radius 1 is 1.14 bits per heavy atom. The summed E-state index contributed by atoms with van der Waals surface area (Å²) in [6, 6.07) is 11.4. The molecule has 1 heterocycles. The molecule has 0 saturated carbocycles. The van der Waals surface area contributed by atoms with Crippen LogP contribution < -0.4 is 10.3 Å². The van der Waals surface area contributed by atoms with Crippen molar-refractivity contribution in [1.82, 2.24) is 14.5 Å². The van der Waals surface area contributed by atoms with Gasteiger partial charge >= 0.3 is 0 Å². The van der Waals surface area contributed by atoms with E-state index in [1.54, 1.807) is 31.2 Å². The Hall–Kier alpha value is -2.68. The first-order chi connectivity index (χ1) is 13.2. The highest BCUT2D eigenvalue weighted by Crippen LogP contribution is 2.19. The van der Waals surface area contributed by atoms with Gasteiger partial charge in [-0.1, -0.05) is 17.7 Å². The normalized spacial score (nSPS) is 12.0. The van der Waals surface area contributed by atoms with Crippen molar-refractivity contribution in [2.24, 2.45) is 4.99 Å². The summed E-state index contributed by atoms with van der Waals surface area (Å²) in [5.74, 6) is 0. The van der Waals surface area contributed by atoms with Crippen LogP contribution in [0.5, 0.6) is 0 Å². The average molecular weight is 419 g/mol. The van der Waals surface area contributed by atoms with Crippen molar-refractivity contribution in [3.05, 3.63) is 74.7 Å². The number of nitrogens with one attached hydrogen (secondary N) is 2. The van der Waals surface area contributed by atoms with E-state index in [-0.39, 0.29) is 10.5 Å². The van der Waals surface area contributed by atoms with Gasteiger partial charge in [0.1, 0.15) is 0 Å². The van der Waals surface area contributed by atoms with Crippen molar-refractivity contribution >= 4 is 33.5 Å². The summed E-state index contributed by atoms with van der Waals surface area (Å²) in [4.78, 5) is 17.2. The highest BCUT2D eigenvalue weighted by Gasteiger charge is 2.12. The number of benzene rings is 2. The van der Waals surface area contributed by atoms with Crippen molar-refractivity contribution in [1.29, 1.82) is 0 Å². The largest absolute Gasteiger partial charge is 0.295 e. The van der Waals surface area contributed by atoms with Gasteiger partial charge in [0.25, 0.3) is 5.56 Å². The molecule has 0 bridgehead atoms. The smallest absolute Gasteiger partial charge is 0.280 e. The minimum atomic E-state index is -3.50. The maximum atomic E-state index is 12.7. The number of hydrogen-bond acceptors (Lipinski definition) is 4. The highest BCUT2D eigenvalue weighted by atomic mass is 35.5. The van der Waals surface area contributed by atoms with Gasteiger partial charge in [-0.2, -0.15) is 0 Å². The molecule has 0 radical (unpaired) electrons. The molecule has 0 aliphatic carbocycles. The molecule has 0 aliphatic heterocycles. The molecule has 3 aromatic rings. The molecule has 7 nitrogen and oxygen atoms in total. The zero-order valence-electron chi connectivity index (χ0n) is 15.5. The van der Waals surface area contributed by atoms with Gasteiger partial charge in [0.2, 0.25) is 10.0 Å². The van der Waals surface area contributed by atoms with Crippen molar-refractivity contribution in [2.45, 2.75) is 18.7 Å². The SMILES string of the molecule is CNS(=O)(=O)c1ccc(N=Cc2c(C)[nH]n(-c3ccc(C)c(Cl)c3)c2=O)cc1. The minimum absolute atomic E-state index is 0.144. The Labute approximate surface area is 167 Å². The number of aryl methyl sites for hydroxylation is 2. The van der Waals surface area contributed by atoms with E-state index in [9.17, 15) is 13.2 Å². The summed E-state index contributed by atoms with van der Waals surface area (Å²) in [5.41, 5.74) is 2.89. The molecular formula is C19H19ClN4O3S. The van der Waals surface area contributed by atoms with Gasteiger partial charge in [-0.3, -0.25) is 14.9 Å². The Morgan fingerprint density at radius 3 is 2.43 bits per heavy atom. The molecule has 0 saturated heterocycles. The number of H-pyrrole nitrogens is 1. The number of sulfonamides is 1. The number of nitrogens with zero attached hydrogens (tertiary/aromatic N) is 2. The molecule has 146 valence electrons. The van der Waals surface area contributed by atoms with Crippen molar-refractivity contribution in [3.63, 3.8) is 0 Å². The molecule has 28 heavy (non-hydrogen) atoms. The van der Waals surface area contributed by atoms with Crippen LogP contribution in [0.15, 0.2) is 57.1 Å². The fourth-order valence-corrected chi connectivity index (χ4v) is 3.49. The predicted octanol–water partition coefficient (Wildman–Crippen LogP) is 3.09. The molecule has 0 unspecified atom stereocenters. The summed E-state index contributed by atoms with van der Waals surface area (Å²) in [5, 5.41) is 3.59. The number of aromatic nitrogens is 2. The molecule has 2 N–H and O–H groups in total. The topological polar surface area (TPSA) is 96.3 Å². The second-order valence-corrected chi connectivity index (χ2v) is 8.48. The zero-order valence-corrected chi connectivity index (χ0v) is 17.1. The first kappa shape index (κ1) is 20.1. The molecule has 0 amide bonds. The molecule has 0 spiro atoms. The molecule has 0 fully saturated rings. The van der Waals surface area contributed by atoms with E-state index >= 15 is 0 Å². The standard InChI is InChI=1S/C19H19ClN4O3S/c1-12-4-7-15(10-18(12)20)24-19(25)17(13(2)23-24)11-22-14-5-8-16(9-6-14)28(26,27)21-3/h4-11,21,23H,1-3H3. The Kier molecular flexibility index (Phi) is 5.55. The first-order valence-electron chi connectivity index (χ1n) is 8.39. The minimum Gasteiger partial charge on any atom is -0.295 e. The van der Waals surface area contributed by atoms with Gasteiger partial charge in [0, 0.05) is 16.9 Å². The second kappa shape index (κ2) is 7.75. The van der Waals surface area contributed by atoms with E-state index in [1.807, 2.05) is 13.0 Å². The van der Waals surface area contributed by atoms with Crippen molar-refractivity contribution in [2.75, 3.05) is 7.05 Å². The van der Waals surface area contributed by atoms with Crippen molar-refractivity contribution in [3.8, 4) is 5.69 Å². The lowest BCUT2D eigenvalue weighted by molar-refractivity contribution is 0.588. The molecule has 9 heteroatoms. The Morgan fingerprint density at radius 2 is 1.82 bits per heavy atom. The molecular weight excluding hydrogens is 400 g/mol. The summed E-state index contributed by atoms with van der Waals surface area (Å²) in [7, 11) is -2.15. The molecule has 2 aromatic carbocycles. The van der Waals surface area contributed by atoms with E-state index in [4.69, 9.17) is 11.6 Å². The van der Waals surface area contributed by atoms with Gasteiger partial charge in [-0.25, -0.2) is 17.8 Å². The number of hydrogen-bond donors (Lipinski definition) is 2. The third-order valence-corrected chi connectivity index (χ3v) is 6.13. The summed E-state index contributed by atoms with van der Waals surface area (Å²) in [6.45, 7) is 3.66. The van der Waals surface area contributed by atoms with Crippen LogP contribution in [0.2, 0.25) is 5.02 Å². The van der Waals surface area contributed by atoms with E-state index in [1.165, 1.54) is 30.1 Å². The lowest BCUT2D eigenvalue weighted by Gasteiger charge is -2.04. The van der Waals surface area contributed by atoms with Crippen LogP contribution in [0.25, 0.3) is 5.69 Å². The van der Waals surface area contributed by atoms with E-state index in [0.717, 1.165) is 5.56 Å². The third-order valence-electron chi connectivity index (χ3n) is 4.29. The van der Waals surface area contributed by atoms with Gasteiger partial charge < -0.3 is 0 Å². The van der Waals surface area contributed by atoms with Crippen LogP contribution in [-0.2, 0) is 10.0 Å². The summed E-state index contributed by atoms with van der Waals surface area (Å²) in [6.07, 6.45) is 1.46. The zero-order chi connectivity index (χ0) is 20.5. The fraction of sp³-hybridized carbons (Fsp3) is 0.158. The number of rotatable bonds is 5. The summed E-state index contributed by atoms with van der Waals surface area (Å²) < 4.78 is 27.2. The Balaban J connectivity index is 1.92. The number of aliphatic imine (C=N–C) groups is 1. The molecule has 0 aliphatic rings. The fourth-order valence-electron chi connectivity index (χ4n) is 2.58. The van der Waals surface area contributed by atoms with Crippen LogP contribution in [0.3, 0.4) is 0 Å². The van der Waals surface area contributed by atoms with Crippen LogP contribution in [0.4, 0.5) is 5.69 Å². The predicted molar refractivity (Wildman–Crippen MR) is 111 cm³/mol. The maximum absolute atomic E-state index is 12.7. The average Bonchev–Trinajstić information content (AvgIpc) is 2.96. The van der Waals surface area contributed by atoms with E-state index < -0.39 is 10.0 Å². The molecule has 1 aromatic heterocycles. The molecule has 0 atom stereocenters. The van der Waals surface area contributed by atoms with Crippen LogP contribution in [0.1, 0.15) is 16.8 Å². The van der Waals surface area contributed by atoms with Gasteiger partial charge in [0.15, 0.2) is 0 Å². The lowest BCUT2D eigenvalue weighted by Crippen LogP contribution is -2.18. The van der Waals surface area contributed by atoms with Gasteiger partial charge in [-0.05, 0) is 62.9 Å². The Bertz CT molecular complexity index is 1210. The number of halogens is 1. The maximum Gasteiger partial charge on any atom is 0.280 e. The van der Waals surface area contributed by atoms with E-state index in [0.29, 0.717) is 27.7 Å². The number of aromatic amines is 1. The lowest BCUT2D eigenvalue weighted by atomic mass is 10.2. The van der Waals surface area contributed by atoms with Crippen LogP contribution >= 0.6 is 11.6 Å². The first-order valence-corrected chi connectivity index (χ1v) is 10.2. The van der Waals surface area contributed by atoms with Gasteiger partial charge in [-0.15, -0.1) is 0 Å².